The first-order valence-corrected chi connectivity index (χ1v) is 9.46. The van der Waals surface area contributed by atoms with Crippen molar-refractivity contribution in [1.29, 1.82) is 0 Å². The minimum Gasteiger partial charge on any atom is -0.218 e. The lowest BCUT2D eigenvalue weighted by atomic mass is 10.1. The third kappa shape index (κ3) is 3.80. The number of benzene rings is 3. The van der Waals surface area contributed by atoms with Crippen LogP contribution in [0.1, 0.15) is 18.1 Å². The van der Waals surface area contributed by atoms with Gasteiger partial charge < -0.3 is 0 Å². The van der Waals surface area contributed by atoms with E-state index in [0.717, 1.165) is 11.1 Å². The Bertz CT molecular complexity index is 1010. The first-order chi connectivity index (χ1) is 12.1. The normalized spacial score (nSPS) is 10.8. The molecular weight excluding hydrogens is 328 g/mol. The lowest BCUT2D eigenvalue weighted by Gasteiger charge is -2.08. The van der Waals surface area contributed by atoms with E-state index >= 15 is 0 Å². The van der Waals surface area contributed by atoms with Gasteiger partial charge in [-0.05, 0) is 30.2 Å². The summed E-state index contributed by atoms with van der Waals surface area (Å²) >= 11 is 0. The van der Waals surface area contributed by atoms with E-state index in [1.54, 1.807) is 42.5 Å². The van der Waals surface area contributed by atoms with Crippen molar-refractivity contribution in [2.45, 2.75) is 11.8 Å². The zero-order chi connectivity index (χ0) is 17.7. The second-order valence-electron chi connectivity index (χ2n) is 5.63. The molecule has 3 rings (SSSR count). The van der Waals surface area contributed by atoms with E-state index in [2.05, 4.69) is 5.73 Å². The van der Waals surface area contributed by atoms with Gasteiger partial charge in [0.05, 0.1) is 4.90 Å². The van der Waals surface area contributed by atoms with Crippen molar-refractivity contribution >= 4 is 20.3 Å². The first kappa shape index (κ1) is 17.0. The zero-order valence-corrected chi connectivity index (χ0v) is 14.7. The van der Waals surface area contributed by atoms with Crippen LogP contribution in [0.2, 0.25) is 0 Å². The van der Waals surface area contributed by atoms with Crippen LogP contribution < -0.4 is 0 Å². The van der Waals surface area contributed by atoms with Crippen LogP contribution in [0.15, 0.2) is 102 Å². The Morgan fingerprint density at radius 1 is 0.680 bits per heavy atom. The van der Waals surface area contributed by atoms with Crippen LogP contribution in [0.5, 0.6) is 0 Å². The molecule has 3 aromatic carbocycles. The Hall–Kier alpha value is -2.87. The topological polar surface area (TPSA) is 34.1 Å². The van der Waals surface area contributed by atoms with Gasteiger partial charge in [-0.25, -0.2) is 8.42 Å². The molecule has 3 aromatic rings. The molecule has 0 saturated heterocycles. The fourth-order valence-corrected chi connectivity index (χ4v) is 4.02. The van der Waals surface area contributed by atoms with E-state index in [9.17, 15) is 8.42 Å². The fourth-order valence-electron chi connectivity index (χ4n) is 2.53. The van der Waals surface area contributed by atoms with Gasteiger partial charge in [-0.1, -0.05) is 84.6 Å². The van der Waals surface area contributed by atoms with Crippen molar-refractivity contribution in [3.8, 4) is 0 Å². The smallest absolute Gasteiger partial charge is 0.214 e. The molecule has 0 bridgehead atoms. The third-order valence-corrected chi connectivity index (χ3v) is 5.63. The molecule has 0 aliphatic carbocycles. The van der Waals surface area contributed by atoms with Gasteiger partial charge in [-0.2, -0.15) is 0 Å². The van der Waals surface area contributed by atoms with Gasteiger partial charge in [0, 0.05) is 5.56 Å². The Morgan fingerprint density at radius 3 is 1.64 bits per heavy atom. The second-order valence-corrected chi connectivity index (χ2v) is 7.51. The third-order valence-electron chi connectivity index (χ3n) is 3.87. The zero-order valence-electron chi connectivity index (χ0n) is 13.9. The standard InChI is InChI=1S/C22H18O2S/c1-18(19-11-5-2-6-12-19)17-22(20-13-7-3-8-14-20)25(23,24)21-15-9-4-10-16-21/h2-16H,1H3. The van der Waals surface area contributed by atoms with Crippen LogP contribution in [0.3, 0.4) is 0 Å². The summed E-state index contributed by atoms with van der Waals surface area (Å²) in [6.07, 6.45) is 0. The van der Waals surface area contributed by atoms with Gasteiger partial charge >= 0.3 is 0 Å². The summed E-state index contributed by atoms with van der Waals surface area (Å²) < 4.78 is 26.4. The van der Waals surface area contributed by atoms with Crippen molar-refractivity contribution in [2.24, 2.45) is 0 Å². The van der Waals surface area contributed by atoms with Gasteiger partial charge in [0.2, 0.25) is 9.84 Å². The molecule has 0 aliphatic rings. The molecule has 0 aliphatic heterocycles. The number of hydrogen-bond acceptors (Lipinski definition) is 2. The predicted octanol–water partition coefficient (Wildman–Crippen LogP) is 5.20. The van der Waals surface area contributed by atoms with Crippen LogP contribution >= 0.6 is 0 Å². The van der Waals surface area contributed by atoms with E-state index in [1.807, 2.05) is 55.5 Å². The Morgan fingerprint density at radius 2 is 1.12 bits per heavy atom. The Labute approximate surface area is 148 Å². The monoisotopic (exact) mass is 346 g/mol. The van der Waals surface area contributed by atoms with Crippen LogP contribution in [0, 0.1) is 0 Å². The van der Waals surface area contributed by atoms with Crippen molar-refractivity contribution in [2.75, 3.05) is 0 Å². The number of rotatable bonds is 4. The highest BCUT2D eigenvalue weighted by molar-refractivity contribution is 8.00. The van der Waals surface area contributed by atoms with E-state index in [-0.39, 0.29) is 9.80 Å². The van der Waals surface area contributed by atoms with Gasteiger partial charge in [0.15, 0.2) is 0 Å². The summed E-state index contributed by atoms with van der Waals surface area (Å²) in [7, 11) is -3.67. The number of sulfone groups is 1. The summed E-state index contributed by atoms with van der Waals surface area (Å²) in [6.45, 7) is 1.87. The molecule has 0 fully saturated rings. The van der Waals surface area contributed by atoms with Crippen molar-refractivity contribution in [3.05, 3.63) is 108 Å². The van der Waals surface area contributed by atoms with Gasteiger partial charge in [-0.15, -0.1) is 0 Å². The predicted molar refractivity (Wildman–Crippen MR) is 103 cm³/mol. The molecule has 0 heterocycles. The Balaban J connectivity index is 2.27. The molecule has 0 amide bonds. The minimum atomic E-state index is -3.67. The Kier molecular flexibility index (Phi) is 4.99. The summed E-state index contributed by atoms with van der Waals surface area (Å²) in [5, 5.41) is 0. The van der Waals surface area contributed by atoms with Gasteiger partial charge in [0.1, 0.15) is 4.91 Å². The van der Waals surface area contributed by atoms with Gasteiger partial charge in [-0.3, -0.25) is 0 Å². The maximum absolute atomic E-state index is 13.2. The SMILES string of the molecule is CC(=C=C(c1ccccc1)S(=O)(=O)c1ccccc1)c1ccccc1. The summed E-state index contributed by atoms with van der Waals surface area (Å²) in [4.78, 5) is 0.447. The molecule has 2 nitrogen and oxygen atoms in total. The lowest BCUT2D eigenvalue weighted by Crippen LogP contribution is -2.03. The molecule has 0 unspecified atom stereocenters. The molecular formula is C22H18O2S. The fraction of sp³-hybridized carbons (Fsp3) is 0.0455. The highest BCUT2D eigenvalue weighted by Gasteiger charge is 2.22. The molecule has 0 radical (unpaired) electrons. The second kappa shape index (κ2) is 7.35. The average Bonchev–Trinajstić information content (AvgIpc) is 2.68. The highest BCUT2D eigenvalue weighted by Crippen LogP contribution is 2.28. The molecule has 25 heavy (non-hydrogen) atoms. The first-order valence-electron chi connectivity index (χ1n) is 7.97. The van der Waals surface area contributed by atoms with E-state index in [4.69, 9.17) is 0 Å². The average molecular weight is 346 g/mol. The maximum Gasteiger partial charge on any atom is 0.214 e. The van der Waals surface area contributed by atoms with Crippen molar-refractivity contribution in [1.82, 2.24) is 0 Å². The molecule has 0 spiro atoms. The van der Waals surface area contributed by atoms with Crippen molar-refractivity contribution in [3.63, 3.8) is 0 Å². The number of hydrogen-bond donors (Lipinski definition) is 0. The van der Waals surface area contributed by atoms with Crippen LogP contribution in [-0.4, -0.2) is 8.42 Å². The molecule has 124 valence electrons. The molecule has 0 atom stereocenters. The van der Waals surface area contributed by atoms with E-state index in [0.29, 0.717) is 5.56 Å². The molecule has 0 saturated carbocycles. The lowest BCUT2D eigenvalue weighted by molar-refractivity contribution is 0.606. The molecule has 3 heteroatoms. The van der Waals surface area contributed by atoms with E-state index < -0.39 is 9.84 Å². The summed E-state index contributed by atoms with van der Waals surface area (Å²) in [6, 6.07) is 27.2. The minimum absolute atomic E-state index is 0.181. The summed E-state index contributed by atoms with van der Waals surface area (Å²) in [5.41, 5.74) is 5.48. The van der Waals surface area contributed by atoms with Crippen LogP contribution in [0.4, 0.5) is 0 Å². The quantitative estimate of drug-likeness (QED) is 0.608. The van der Waals surface area contributed by atoms with Crippen LogP contribution in [0.25, 0.3) is 10.5 Å². The number of allylic oxidation sites excluding steroid dienone is 1. The van der Waals surface area contributed by atoms with Crippen molar-refractivity contribution < 1.29 is 8.42 Å². The molecule has 0 aromatic heterocycles. The molecule has 0 N–H and O–H groups in total. The largest absolute Gasteiger partial charge is 0.218 e. The van der Waals surface area contributed by atoms with Gasteiger partial charge in [0.25, 0.3) is 0 Å². The van der Waals surface area contributed by atoms with Crippen LogP contribution in [-0.2, 0) is 9.84 Å². The summed E-state index contributed by atoms with van der Waals surface area (Å²) in [5.74, 6) is 0. The highest BCUT2D eigenvalue weighted by atomic mass is 32.2. The maximum atomic E-state index is 13.2. The van der Waals surface area contributed by atoms with E-state index in [1.165, 1.54) is 0 Å².